The van der Waals surface area contributed by atoms with E-state index in [-0.39, 0.29) is 11.7 Å². The number of nitrogens with zero attached hydrogens (tertiary/aromatic N) is 3. The fourth-order valence-corrected chi connectivity index (χ4v) is 2.25. The summed E-state index contributed by atoms with van der Waals surface area (Å²) in [5.41, 5.74) is -0.573. The van der Waals surface area contributed by atoms with Crippen LogP contribution in [0.1, 0.15) is 42.7 Å². The second-order valence-corrected chi connectivity index (χ2v) is 4.74. The number of rotatable bonds is 4. The van der Waals surface area contributed by atoms with Gasteiger partial charge in [0.05, 0.1) is 5.60 Å². The molecular formula is C11H18N4O2. The van der Waals surface area contributed by atoms with E-state index in [1.807, 2.05) is 0 Å². The maximum absolute atomic E-state index is 11.8. The van der Waals surface area contributed by atoms with Gasteiger partial charge in [-0.05, 0) is 19.3 Å². The van der Waals surface area contributed by atoms with Crippen LogP contribution in [0.3, 0.4) is 0 Å². The molecule has 17 heavy (non-hydrogen) atoms. The van der Waals surface area contributed by atoms with Crippen molar-refractivity contribution < 1.29 is 9.90 Å². The molecule has 0 unspecified atom stereocenters. The molecule has 2 N–H and O–H groups in total. The molecule has 1 aliphatic carbocycles. The second-order valence-electron chi connectivity index (χ2n) is 4.74. The number of aromatic amines is 1. The molecule has 1 amide bonds. The Bertz CT molecular complexity index is 371. The summed E-state index contributed by atoms with van der Waals surface area (Å²) in [5, 5.41) is 16.4. The highest BCUT2D eigenvalue weighted by atomic mass is 16.3. The Labute approximate surface area is 100 Å². The van der Waals surface area contributed by atoms with Crippen LogP contribution in [0.2, 0.25) is 0 Å². The minimum absolute atomic E-state index is 0.191. The van der Waals surface area contributed by atoms with Crippen molar-refractivity contribution >= 4 is 5.91 Å². The van der Waals surface area contributed by atoms with Gasteiger partial charge in [-0.1, -0.05) is 12.8 Å². The number of H-pyrrole nitrogens is 1. The molecule has 0 radical (unpaired) electrons. The normalized spacial score (nSPS) is 18.2. The predicted octanol–water partition coefficient (Wildman–Crippen LogP) is 0.572. The number of hydrogen-bond donors (Lipinski definition) is 2. The zero-order chi connectivity index (χ0) is 12.3. The van der Waals surface area contributed by atoms with E-state index in [2.05, 4.69) is 15.2 Å². The molecule has 1 heterocycles. The Morgan fingerprint density at radius 3 is 2.88 bits per heavy atom. The topological polar surface area (TPSA) is 82.1 Å². The maximum atomic E-state index is 11.8. The fraction of sp³-hybridized carbons (Fsp3) is 0.727. The van der Waals surface area contributed by atoms with E-state index in [1.165, 1.54) is 6.33 Å². The molecular weight excluding hydrogens is 220 g/mol. The lowest BCUT2D eigenvalue weighted by atomic mass is 9.98. The van der Waals surface area contributed by atoms with Crippen molar-refractivity contribution in [2.75, 3.05) is 13.6 Å². The molecule has 0 spiro atoms. The Morgan fingerprint density at radius 2 is 2.29 bits per heavy atom. The highest BCUT2D eigenvalue weighted by Gasteiger charge is 2.31. The monoisotopic (exact) mass is 238 g/mol. The molecule has 6 nitrogen and oxygen atoms in total. The van der Waals surface area contributed by atoms with Crippen LogP contribution in [0.4, 0.5) is 0 Å². The van der Waals surface area contributed by atoms with Crippen LogP contribution in [0, 0.1) is 0 Å². The largest absolute Gasteiger partial charge is 0.390 e. The van der Waals surface area contributed by atoms with Crippen molar-refractivity contribution in [2.24, 2.45) is 0 Å². The van der Waals surface area contributed by atoms with Crippen molar-refractivity contribution in [3.8, 4) is 0 Å². The molecule has 94 valence electrons. The first-order valence-electron chi connectivity index (χ1n) is 5.94. The summed E-state index contributed by atoms with van der Waals surface area (Å²) in [6.07, 6.45) is 5.79. The molecule has 1 fully saturated rings. The van der Waals surface area contributed by atoms with Gasteiger partial charge in [0.1, 0.15) is 6.33 Å². The number of carbonyl (C=O) groups is 1. The molecule has 6 heteroatoms. The van der Waals surface area contributed by atoms with Gasteiger partial charge < -0.3 is 10.0 Å². The first-order chi connectivity index (χ1) is 8.11. The number of aliphatic hydroxyl groups is 1. The zero-order valence-electron chi connectivity index (χ0n) is 10.0. The lowest BCUT2D eigenvalue weighted by Crippen LogP contribution is -2.34. The van der Waals surface area contributed by atoms with E-state index < -0.39 is 5.60 Å². The second kappa shape index (κ2) is 4.83. The number of aromatic nitrogens is 3. The molecule has 0 bridgehead atoms. The number of amides is 1. The Hall–Kier alpha value is -1.43. The third-order valence-corrected chi connectivity index (χ3v) is 3.41. The molecule has 0 atom stereocenters. The van der Waals surface area contributed by atoms with E-state index in [0.717, 1.165) is 25.7 Å². The molecule has 1 aromatic heterocycles. The Morgan fingerprint density at radius 1 is 1.59 bits per heavy atom. The van der Waals surface area contributed by atoms with Gasteiger partial charge in [-0.3, -0.25) is 9.89 Å². The van der Waals surface area contributed by atoms with Crippen LogP contribution in [0.15, 0.2) is 6.33 Å². The molecule has 0 aromatic carbocycles. The van der Waals surface area contributed by atoms with Crippen LogP contribution < -0.4 is 0 Å². The molecule has 1 saturated carbocycles. The third-order valence-electron chi connectivity index (χ3n) is 3.41. The predicted molar refractivity (Wildman–Crippen MR) is 61.4 cm³/mol. The van der Waals surface area contributed by atoms with Crippen LogP contribution in [0.25, 0.3) is 0 Å². The maximum Gasteiger partial charge on any atom is 0.290 e. The van der Waals surface area contributed by atoms with Crippen LogP contribution in [0.5, 0.6) is 0 Å². The highest BCUT2D eigenvalue weighted by Crippen LogP contribution is 2.32. The third kappa shape index (κ3) is 2.82. The van der Waals surface area contributed by atoms with Crippen LogP contribution in [-0.4, -0.2) is 50.3 Å². The quantitative estimate of drug-likeness (QED) is 0.803. The molecule has 0 aliphatic heterocycles. The van der Waals surface area contributed by atoms with Gasteiger partial charge >= 0.3 is 0 Å². The highest BCUT2D eigenvalue weighted by molar-refractivity contribution is 5.90. The van der Waals surface area contributed by atoms with Crippen LogP contribution >= 0.6 is 0 Å². The summed E-state index contributed by atoms with van der Waals surface area (Å²) < 4.78 is 0. The summed E-state index contributed by atoms with van der Waals surface area (Å²) in [6.45, 7) is 0.538. The lowest BCUT2D eigenvalue weighted by Gasteiger charge is -2.25. The van der Waals surface area contributed by atoms with Gasteiger partial charge in [0.25, 0.3) is 5.91 Å². The summed E-state index contributed by atoms with van der Waals surface area (Å²) in [6, 6.07) is 0. The first-order valence-corrected chi connectivity index (χ1v) is 5.94. The lowest BCUT2D eigenvalue weighted by molar-refractivity contribution is 0.0294. The standard InChI is InChI=1S/C11H18N4O2/c1-15(10(16)9-12-8-13-14-9)7-6-11(17)4-2-3-5-11/h8,17H,2-7H2,1H3,(H,12,13,14). The summed E-state index contributed by atoms with van der Waals surface area (Å²) >= 11 is 0. The molecule has 1 aliphatic rings. The van der Waals surface area contributed by atoms with Gasteiger partial charge in [-0.15, -0.1) is 0 Å². The van der Waals surface area contributed by atoms with Gasteiger partial charge in [0.2, 0.25) is 5.82 Å². The van der Waals surface area contributed by atoms with Gasteiger partial charge in [0.15, 0.2) is 0 Å². The smallest absolute Gasteiger partial charge is 0.290 e. The average molecular weight is 238 g/mol. The number of nitrogens with one attached hydrogen (secondary N) is 1. The SMILES string of the molecule is CN(CCC1(O)CCCC1)C(=O)c1ncn[nH]1. The minimum atomic E-state index is -0.573. The van der Waals surface area contributed by atoms with Crippen molar-refractivity contribution in [2.45, 2.75) is 37.7 Å². The number of hydrogen-bond acceptors (Lipinski definition) is 4. The van der Waals surface area contributed by atoms with Crippen molar-refractivity contribution in [1.29, 1.82) is 0 Å². The summed E-state index contributed by atoms with van der Waals surface area (Å²) in [4.78, 5) is 17.2. The number of carbonyl (C=O) groups excluding carboxylic acids is 1. The fourth-order valence-electron chi connectivity index (χ4n) is 2.25. The van der Waals surface area contributed by atoms with E-state index in [0.29, 0.717) is 13.0 Å². The van der Waals surface area contributed by atoms with Crippen LogP contribution in [-0.2, 0) is 0 Å². The van der Waals surface area contributed by atoms with Gasteiger partial charge in [0, 0.05) is 13.6 Å². The van der Waals surface area contributed by atoms with Gasteiger partial charge in [-0.25, -0.2) is 4.98 Å². The molecule has 0 saturated heterocycles. The van der Waals surface area contributed by atoms with Crippen molar-refractivity contribution in [3.63, 3.8) is 0 Å². The van der Waals surface area contributed by atoms with Crippen molar-refractivity contribution in [3.05, 3.63) is 12.2 Å². The van der Waals surface area contributed by atoms with Gasteiger partial charge in [-0.2, -0.15) is 5.10 Å². The van der Waals surface area contributed by atoms with E-state index in [1.54, 1.807) is 11.9 Å². The molecule has 2 rings (SSSR count). The summed E-state index contributed by atoms with van der Waals surface area (Å²) in [5.74, 6) is 0.0509. The first kappa shape index (κ1) is 12.0. The summed E-state index contributed by atoms with van der Waals surface area (Å²) in [7, 11) is 1.71. The van der Waals surface area contributed by atoms with E-state index >= 15 is 0 Å². The molecule has 1 aromatic rings. The zero-order valence-corrected chi connectivity index (χ0v) is 10.0. The van der Waals surface area contributed by atoms with Crippen molar-refractivity contribution in [1.82, 2.24) is 20.1 Å². The van der Waals surface area contributed by atoms with E-state index in [9.17, 15) is 9.90 Å². The Balaban J connectivity index is 1.85. The van der Waals surface area contributed by atoms with E-state index in [4.69, 9.17) is 0 Å². The Kier molecular flexibility index (Phi) is 3.42. The minimum Gasteiger partial charge on any atom is -0.390 e. The average Bonchev–Trinajstić information content (AvgIpc) is 2.96.